The van der Waals surface area contributed by atoms with Crippen molar-refractivity contribution in [2.45, 2.75) is 38.5 Å². The molecule has 1 amide bonds. The lowest BCUT2D eigenvalue weighted by Gasteiger charge is -2.38. The fourth-order valence-electron chi connectivity index (χ4n) is 4.26. The third-order valence-electron chi connectivity index (χ3n) is 5.82. The van der Waals surface area contributed by atoms with Gasteiger partial charge in [-0.15, -0.1) is 0 Å². The zero-order chi connectivity index (χ0) is 20.8. The van der Waals surface area contributed by atoms with Crippen molar-refractivity contribution in [3.63, 3.8) is 0 Å². The van der Waals surface area contributed by atoms with Crippen LogP contribution in [0.1, 0.15) is 42.1 Å². The molecule has 152 valence electrons. The maximum atomic E-state index is 11.7. The second-order valence-electron chi connectivity index (χ2n) is 7.65. The molecule has 0 bridgehead atoms. The summed E-state index contributed by atoms with van der Waals surface area (Å²) in [5.41, 5.74) is 4.00. The van der Waals surface area contributed by atoms with Gasteiger partial charge in [0.2, 0.25) is 5.72 Å². The number of carbonyl (C=O) groups excluding carboxylic acids is 2. The van der Waals surface area contributed by atoms with Gasteiger partial charge >= 0.3 is 11.9 Å². The van der Waals surface area contributed by atoms with Gasteiger partial charge in [-0.05, 0) is 74.2 Å². The number of hydrogen-bond donors (Lipinski definition) is 1. The maximum absolute atomic E-state index is 11.7. The van der Waals surface area contributed by atoms with Gasteiger partial charge in [0.15, 0.2) is 0 Å². The molecule has 7 heteroatoms. The number of fused-ring (bicyclic) bond motifs is 4. The molecule has 5 nitrogen and oxygen atoms in total. The molecule has 2 aromatic carbocycles. The van der Waals surface area contributed by atoms with E-state index in [4.69, 9.17) is 4.74 Å². The van der Waals surface area contributed by atoms with Crippen LogP contribution < -0.4 is 5.32 Å². The predicted molar refractivity (Wildman–Crippen MR) is 117 cm³/mol. The lowest BCUT2D eigenvalue weighted by Crippen LogP contribution is -2.46. The number of esters is 1. The Morgan fingerprint density at radius 2 is 1.76 bits per heavy atom. The van der Waals surface area contributed by atoms with Crippen molar-refractivity contribution in [3.05, 3.63) is 67.6 Å². The van der Waals surface area contributed by atoms with Gasteiger partial charge in [-0.2, -0.15) is 0 Å². The van der Waals surface area contributed by atoms with Gasteiger partial charge in [-0.3, -0.25) is 9.69 Å². The monoisotopic (exact) mass is 520 g/mol. The zero-order valence-corrected chi connectivity index (χ0v) is 19.5. The molecule has 2 atom stereocenters. The average Bonchev–Trinajstić information content (AvgIpc) is 2.92. The molecule has 2 unspecified atom stereocenters. The normalized spacial score (nSPS) is 24.7. The Morgan fingerprint density at radius 1 is 1.07 bits per heavy atom. The highest BCUT2D eigenvalue weighted by atomic mass is 79.9. The van der Waals surface area contributed by atoms with Crippen molar-refractivity contribution in [1.82, 2.24) is 10.2 Å². The van der Waals surface area contributed by atoms with Crippen molar-refractivity contribution < 1.29 is 14.3 Å². The average molecular weight is 522 g/mol. The van der Waals surface area contributed by atoms with Crippen LogP contribution in [-0.4, -0.2) is 29.9 Å². The first-order valence-electron chi connectivity index (χ1n) is 9.65. The van der Waals surface area contributed by atoms with Gasteiger partial charge in [0, 0.05) is 27.1 Å². The number of nitrogens with zero attached hydrogens (tertiary/aromatic N) is 1. The molecular formula is C22H22Br2N2O3. The topological polar surface area (TPSA) is 58.6 Å². The number of amides is 1. The zero-order valence-electron chi connectivity index (χ0n) is 16.3. The number of carbonyl (C=O) groups is 2. The highest BCUT2D eigenvalue weighted by molar-refractivity contribution is 9.10. The van der Waals surface area contributed by atoms with Gasteiger partial charge in [-0.1, -0.05) is 44.0 Å². The summed E-state index contributed by atoms with van der Waals surface area (Å²) in [4.78, 5) is 24.6. The van der Waals surface area contributed by atoms with Crippen LogP contribution in [0.2, 0.25) is 0 Å². The van der Waals surface area contributed by atoms with Crippen molar-refractivity contribution in [2.75, 3.05) is 13.1 Å². The van der Waals surface area contributed by atoms with Crippen LogP contribution in [0.5, 0.6) is 0 Å². The molecule has 0 radical (unpaired) electrons. The summed E-state index contributed by atoms with van der Waals surface area (Å²) in [5, 5.41) is 3.44. The Morgan fingerprint density at radius 3 is 2.52 bits per heavy atom. The van der Waals surface area contributed by atoms with E-state index >= 15 is 0 Å². The summed E-state index contributed by atoms with van der Waals surface area (Å²) >= 11 is 6.89. The lowest BCUT2D eigenvalue weighted by molar-refractivity contribution is -0.154. The molecule has 0 saturated carbocycles. The quantitative estimate of drug-likeness (QED) is 0.416. The molecule has 5 rings (SSSR count). The molecular weight excluding hydrogens is 500 g/mol. The minimum atomic E-state index is -0.939. The first-order valence-corrected chi connectivity index (χ1v) is 11.2. The van der Waals surface area contributed by atoms with Crippen molar-refractivity contribution in [3.8, 4) is 0 Å². The van der Waals surface area contributed by atoms with E-state index in [9.17, 15) is 9.59 Å². The standard InChI is InChI=1S/C12H10BrNO3.C10H12BrN/c1-12-9-6-8(13)3-2-7(9)4-5-14(12)10(15)11(16)17-12;1-7-10-6-9(11)3-2-8(10)4-5-12-7/h2-3,6H,4-5H2,1H3;2-3,6-7,12H,4-5H2,1H3. The molecule has 1 saturated heterocycles. The van der Waals surface area contributed by atoms with Crippen LogP contribution >= 0.6 is 31.9 Å². The second-order valence-corrected chi connectivity index (χ2v) is 9.48. The Hall–Kier alpha value is -1.70. The minimum Gasteiger partial charge on any atom is -0.428 e. The molecule has 3 aliphatic rings. The van der Waals surface area contributed by atoms with Crippen molar-refractivity contribution >= 4 is 43.7 Å². The van der Waals surface area contributed by atoms with Gasteiger partial charge < -0.3 is 10.1 Å². The highest BCUT2D eigenvalue weighted by Crippen LogP contribution is 2.41. The van der Waals surface area contributed by atoms with E-state index in [1.54, 1.807) is 6.92 Å². The molecule has 0 aromatic heterocycles. The summed E-state index contributed by atoms with van der Waals surface area (Å²) in [6, 6.07) is 12.9. The summed E-state index contributed by atoms with van der Waals surface area (Å²) in [7, 11) is 0. The van der Waals surface area contributed by atoms with Crippen molar-refractivity contribution in [1.29, 1.82) is 0 Å². The number of rotatable bonds is 0. The van der Waals surface area contributed by atoms with E-state index in [1.807, 2.05) is 18.2 Å². The van der Waals surface area contributed by atoms with Gasteiger partial charge in [-0.25, -0.2) is 4.79 Å². The Balaban J connectivity index is 0.000000150. The summed E-state index contributed by atoms with van der Waals surface area (Å²) in [5.74, 6) is -1.31. The molecule has 29 heavy (non-hydrogen) atoms. The molecule has 3 aliphatic heterocycles. The van der Waals surface area contributed by atoms with E-state index in [1.165, 1.54) is 20.5 Å². The summed E-state index contributed by atoms with van der Waals surface area (Å²) < 4.78 is 7.35. The van der Waals surface area contributed by atoms with Crippen LogP contribution in [0, 0.1) is 0 Å². The Kier molecular flexibility index (Phi) is 5.57. The Labute approximate surface area is 187 Å². The first kappa shape index (κ1) is 20.6. The third-order valence-corrected chi connectivity index (χ3v) is 6.81. The summed E-state index contributed by atoms with van der Waals surface area (Å²) in [6.07, 6.45) is 1.91. The van der Waals surface area contributed by atoms with Crippen LogP contribution in [0.4, 0.5) is 0 Å². The second kappa shape index (κ2) is 7.85. The Bertz CT molecular complexity index is 994. The molecule has 1 N–H and O–H groups in total. The predicted octanol–water partition coefficient (Wildman–Crippen LogP) is 4.22. The number of hydrogen-bond acceptors (Lipinski definition) is 4. The van der Waals surface area contributed by atoms with E-state index in [2.05, 4.69) is 62.3 Å². The lowest BCUT2D eigenvalue weighted by atomic mass is 9.91. The van der Waals surface area contributed by atoms with Gasteiger partial charge in [0.25, 0.3) is 0 Å². The number of halogens is 2. The minimum absolute atomic E-state index is 0.506. The van der Waals surface area contributed by atoms with Gasteiger partial charge in [0.1, 0.15) is 0 Å². The first-order chi connectivity index (χ1) is 13.8. The number of benzene rings is 2. The van der Waals surface area contributed by atoms with E-state index in [0.29, 0.717) is 12.6 Å². The van der Waals surface area contributed by atoms with Gasteiger partial charge in [0.05, 0.1) is 0 Å². The smallest absolute Gasteiger partial charge is 0.399 e. The van der Waals surface area contributed by atoms with Crippen LogP contribution in [0.15, 0.2) is 45.3 Å². The number of ether oxygens (including phenoxy) is 1. The van der Waals surface area contributed by atoms with Crippen LogP contribution in [0.25, 0.3) is 0 Å². The summed E-state index contributed by atoms with van der Waals surface area (Å²) in [6.45, 7) is 5.61. The van der Waals surface area contributed by atoms with E-state index < -0.39 is 17.6 Å². The fourth-order valence-corrected chi connectivity index (χ4v) is 5.00. The highest BCUT2D eigenvalue weighted by Gasteiger charge is 2.53. The van der Waals surface area contributed by atoms with Crippen molar-refractivity contribution in [2.24, 2.45) is 0 Å². The third kappa shape index (κ3) is 3.76. The molecule has 1 fully saturated rings. The maximum Gasteiger partial charge on any atom is 0.399 e. The van der Waals surface area contributed by atoms with Crippen LogP contribution in [-0.2, 0) is 32.9 Å². The largest absolute Gasteiger partial charge is 0.428 e. The molecule has 3 heterocycles. The van der Waals surface area contributed by atoms with Crippen LogP contribution in [0.3, 0.4) is 0 Å². The molecule has 0 aliphatic carbocycles. The SMILES string of the molecule is CC12OC(=O)C(=O)N1CCc1ccc(Br)cc12.CC1NCCc2ccc(Br)cc21. The number of nitrogens with one attached hydrogen (secondary N) is 1. The fraction of sp³-hybridized carbons (Fsp3) is 0.364. The molecule has 0 spiro atoms. The van der Waals surface area contributed by atoms with E-state index in [-0.39, 0.29) is 0 Å². The molecule has 2 aromatic rings. The van der Waals surface area contributed by atoms with E-state index in [0.717, 1.165) is 35.0 Å².